The van der Waals surface area contributed by atoms with E-state index in [1.165, 1.54) is 99.8 Å². The first-order valence-corrected chi connectivity index (χ1v) is 25.3. The van der Waals surface area contributed by atoms with E-state index in [4.69, 9.17) is 4.99 Å². The van der Waals surface area contributed by atoms with Crippen LogP contribution in [0, 0.1) is 6.92 Å². The topological polar surface area (TPSA) is 17.3 Å². The van der Waals surface area contributed by atoms with Crippen LogP contribution in [-0.2, 0) is 12.8 Å². The molecule has 1 aliphatic rings. The molecule has 356 valence electrons. The Kier molecular flexibility index (Phi) is 15.4. The molecule has 1 aliphatic carbocycles. The van der Waals surface area contributed by atoms with Gasteiger partial charge in [-0.3, -0.25) is 4.99 Å². The van der Waals surface area contributed by atoms with Gasteiger partial charge in [0.1, 0.15) is 0 Å². The average Bonchev–Trinajstić information content (AvgIpc) is 3.99. The van der Waals surface area contributed by atoms with E-state index in [2.05, 4.69) is 257 Å². The van der Waals surface area contributed by atoms with Crippen molar-refractivity contribution in [1.29, 1.82) is 0 Å². The Bertz CT molecular complexity index is 3710. The van der Waals surface area contributed by atoms with Crippen LogP contribution in [0.2, 0.25) is 0 Å². The Morgan fingerprint density at radius 3 is 1.89 bits per heavy atom. The normalized spacial score (nSPS) is 11.9. The summed E-state index contributed by atoms with van der Waals surface area (Å²) in [6, 6.07) is 73.9. The van der Waals surface area contributed by atoms with Crippen molar-refractivity contribution in [2.75, 3.05) is 0 Å². The Labute approximate surface area is 432 Å². The fourth-order valence-corrected chi connectivity index (χ4v) is 10.1. The van der Waals surface area contributed by atoms with Gasteiger partial charge >= 0.3 is 0 Å². The highest BCUT2D eigenvalue weighted by Crippen LogP contribution is 2.43. The van der Waals surface area contributed by atoms with Gasteiger partial charge in [-0.15, -0.1) is 13.2 Å². The molecule has 0 radical (unpaired) electrons. The molecule has 1 heterocycles. The molecule has 0 saturated carbocycles. The summed E-state index contributed by atoms with van der Waals surface area (Å²) in [6.45, 7) is 18.8. The van der Waals surface area contributed by atoms with Crippen molar-refractivity contribution in [3.05, 3.63) is 295 Å². The lowest BCUT2D eigenvalue weighted by Gasteiger charge is -2.14. The molecule has 0 unspecified atom stereocenters. The monoisotopic (exact) mass is 942 g/mol. The van der Waals surface area contributed by atoms with Gasteiger partial charge in [0.05, 0.1) is 16.7 Å². The number of aromatic nitrogens is 1. The third-order valence-corrected chi connectivity index (χ3v) is 13.7. The molecule has 0 amide bonds. The molecule has 0 saturated heterocycles. The molecule has 10 aromatic rings. The molecule has 2 heteroatoms. The van der Waals surface area contributed by atoms with Crippen LogP contribution in [0.25, 0.3) is 83.8 Å². The van der Waals surface area contributed by atoms with E-state index in [0.29, 0.717) is 0 Å². The maximum Gasteiger partial charge on any atom is 0.0633 e. The van der Waals surface area contributed by atoms with E-state index in [-0.39, 0.29) is 0 Å². The SMILES string of the molecule is C/C=C/C=C\C=C/c1ccccc1-c1cc2c3ccccc3n(-c3ccc4c(c3)-c3c(CC)cccc3C4)c2cc1C.C=C.C=C(N=C(C)c1cccc(-c2ccccc2)c1)c1cccc(-c2ccccc2)c1. The van der Waals surface area contributed by atoms with E-state index in [1.807, 2.05) is 38.1 Å². The average molecular weight is 943 g/mol. The predicted molar refractivity (Wildman–Crippen MR) is 318 cm³/mol. The van der Waals surface area contributed by atoms with Crippen LogP contribution in [0.15, 0.2) is 261 Å². The standard InChI is InChI=1S/C41H35N.C28H23N.C2H4/c1-4-6-7-8-9-15-30-16-10-11-19-34(30)36-27-38-35-20-12-13-21-39(35)42(40(38)24-28(36)3)33-23-22-31-25-32-18-14-17-29(5-2)41(32)37(31)26-33;1-21(25-15-9-17-27(19-25)23-11-5-3-6-12-23)29-22(2)26-16-10-18-28(20-26)24-13-7-4-8-14-24;1-2/h4,6-24,26-27H,5,25H2,1-3H3;3-20H,1H2,2H3;1-2H2/b6-4+,8-7-,15-9-;;. The van der Waals surface area contributed by atoms with Crippen molar-refractivity contribution < 1.29 is 0 Å². The molecule has 11 rings (SSSR count). The summed E-state index contributed by atoms with van der Waals surface area (Å²) in [7, 11) is 0. The van der Waals surface area contributed by atoms with Crippen molar-refractivity contribution in [3.63, 3.8) is 0 Å². The van der Waals surface area contributed by atoms with Gasteiger partial charge < -0.3 is 4.57 Å². The van der Waals surface area contributed by atoms with Crippen LogP contribution < -0.4 is 0 Å². The van der Waals surface area contributed by atoms with Gasteiger partial charge in [-0.1, -0.05) is 214 Å². The summed E-state index contributed by atoms with van der Waals surface area (Å²) < 4.78 is 2.46. The number of hydrogen-bond donors (Lipinski definition) is 0. The lowest BCUT2D eigenvalue weighted by atomic mass is 9.94. The van der Waals surface area contributed by atoms with Gasteiger partial charge in [0.2, 0.25) is 0 Å². The van der Waals surface area contributed by atoms with Crippen molar-refractivity contribution in [2.24, 2.45) is 4.99 Å². The van der Waals surface area contributed by atoms with Gasteiger partial charge in [-0.05, 0) is 154 Å². The summed E-state index contributed by atoms with van der Waals surface area (Å²) in [5.74, 6) is 0. The smallest absolute Gasteiger partial charge is 0.0633 e. The molecule has 0 bridgehead atoms. The minimum absolute atomic E-state index is 0.769. The number of rotatable bonds is 11. The highest BCUT2D eigenvalue weighted by atomic mass is 15.0. The van der Waals surface area contributed by atoms with Gasteiger partial charge in [0.25, 0.3) is 0 Å². The van der Waals surface area contributed by atoms with Crippen LogP contribution in [-0.4, -0.2) is 10.3 Å². The lowest BCUT2D eigenvalue weighted by molar-refractivity contribution is 1.13. The molecular formula is C71H62N2. The quantitative estimate of drug-likeness (QED) is 0.0698. The highest BCUT2D eigenvalue weighted by molar-refractivity contribution is 6.11. The number of nitrogens with zero attached hydrogens (tertiary/aromatic N) is 2. The summed E-state index contributed by atoms with van der Waals surface area (Å²) in [6.07, 6.45) is 14.6. The van der Waals surface area contributed by atoms with Crippen LogP contribution >= 0.6 is 0 Å². The Morgan fingerprint density at radius 1 is 0.534 bits per heavy atom. The van der Waals surface area contributed by atoms with Gasteiger partial charge in [0.15, 0.2) is 0 Å². The zero-order chi connectivity index (χ0) is 50.7. The lowest BCUT2D eigenvalue weighted by Crippen LogP contribution is -1.96. The summed E-state index contributed by atoms with van der Waals surface area (Å²) in [5, 5.41) is 2.57. The van der Waals surface area contributed by atoms with Gasteiger partial charge in [-0.2, -0.15) is 0 Å². The Morgan fingerprint density at radius 2 is 1.16 bits per heavy atom. The van der Waals surface area contributed by atoms with E-state index in [0.717, 1.165) is 35.4 Å². The minimum atomic E-state index is 0.769. The van der Waals surface area contributed by atoms with Crippen LogP contribution in [0.4, 0.5) is 0 Å². The molecule has 0 fully saturated rings. The first-order valence-electron chi connectivity index (χ1n) is 25.3. The summed E-state index contributed by atoms with van der Waals surface area (Å²) >= 11 is 0. The fourth-order valence-electron chi connectivity index (χ4n) is 10.1. The molecule has 0 N–H and O–H groups in total. The number of fused-ring (bicyclic) bond motifs is 6. The van der Waals surface area contributed by atoms with Crippen molar-refractivity contribution in [2.45, 2.75) is 40.5 Å². The maximum absolute atomic E-state index is 4.81. The molecule has 9 aromatic carbocycles. The number of para-hydroxylation sites is 1. The number of allylic oxidation sites excluding steroid dienone is 5. The van der Waals surface area contributed by atoms with Crippen molar-refractivity contribution >= 4 is 39.3 Å². The first kappa shape index (κ1) is 49.1. The third kappa shape index (κ3) is 10.6. The Hall–Kier alpha value is -8.85. The second-order valence-corrected chi connectivity index (χ2v) is 18.3. The fraction of sp³-hybridized carbons (Fsp3) is 0.0845. The van der Waals surface area contributed by atoms with Crippen LogP contribution in [0.1, 0.15) is 59.7 Å². The molecule has 0 atom stereocenters. The van der Waals surface area contributed by atoms with Crippen LogP contribution in [0.3, 0.4) is 0 Å². The molecule has 0 aliphatic heterocycles. The van der Waals surface area contributed by atoms with E-state index >= 15 is 0 Å². The zero-order valence-electron chi connectivity index (χ0n) is 42.5. The minimum Gasteiger partial charge on any atom is -0.309 e. The van der Waals surface area contributed by atoms with Crippen molar-refractivity contribution in [3.8, 4) is 50.2 Å². The molecule has 1 aromatic heterocycles. The zero-order valence-corrected chi connectivity index (χ0v) is 42.5. The first-order chi connectivity index (χ1) is 35.9. The summed E-state index contributed by atoms with van der Waals surface area (Å²) in [4.78, 5) is 4.81. The van der Waals surface area contributed by atoms with E-state index < -0.39 is 0 Å². The number of aliphatic imine (C=N–C) groups is 1. The van der Waals surface area contributed by atoms with Gasteiger partial charge in [0, 0.05) is 27.7 Å². The second-order valence-electron chi connectivity index (χ2n) is 18.3. The van der Waals surface area contributed by atoms with Crippen LogP contribution in [0.5, 0.6) is 0 Å². The molecule has 2 nitrogen and oxygen atoms in total. The Balaban J connectivity index is 0.000000185. The molecular weight excluding hydrogens is 881 g/mol. The number of hydrogen-bond acceptors (Lipinski definition) is 1. The summed E-state index contributed by atoms with van der Waals surface area (Å²) in [5.41, 5.74) is 24.5. The number of aryl methyl sites for hydroxylation is 2. The highest BCUT2D eigenvalue weighted by Gasteiger charge is 2.23. The van der Waals surface area contributed by atoms with Crippen molar-refractivity contribution in [1.82, 2.24) is 4.57 Å². The number of benzene rings is 9. The maximum atomic E-state index is 4.81. The molecule has 0 spiro atoms. The second kappa shape index (κ2) is 22.9. The molecule has 73 heavy (non-hydrogen) atoms. The predicted octanol–water partition coefficient (Wildman–Crippen LogP) is 19.3. The van der Waals surface area contributed by atoms with E-state index in [9.17, 15) is 0 Å². The van der Waals surface area contributed by atoms with Gasteiger partial charge in [-0.25, -0.2) is 0 Å². The largest absolute Gasteiger partial charge is 0.309 e. The van der Waals surface area contributed by atoms with E-state index in [1.54, 1.807) is 0 Å². The third-order valence-electron chi connectivity index (χ3n) is 13.7.